The van der Waals surface area contributed by atoms with E-state index in [1.54, 1.807) is 28.4 Å². The molecule has 1 heterocycles. The number of rotatable bonds is 9. The number of carbonyl (C=O) groups excluding carboxylic acids is 1. The summed E-state index contributed by atoms with van der Waals surface area (Å²) in [6, 6.07) is 9.65. The highest BCUT2D eigenvalue weighted by molar-refractivity contribution is 5.96. The van der Waals surface area contributed by atoms with Crippen molar-refractivity contribution < 1.29 is 23.7 Å². The largest absolute Gasteiger partial charge is 0.497 e. The van der Waals surface area contributed by atoms with Gasteiger partial charge in [-0.3, -0.25) is 4.79 Å². The number of aromatic nitrogens is 1. The monoisotopic (exact) mass is 398 g/mol. The Labute approximate surface area is 169 Å². The molecule has 0 spiro atoms. The van der Waals surface area contributed by atoms with Crippen LogP contribution in [0.1, 0.15) is 11.1 Å². The van der Waals surface area contributed by atoms with Crippen LogP contribution in [0.5, 0.6) is 23.0 Å². The fraction of sp³-hybridized carbons (Fsp3) is 0.318. The zero-order chi connectivity index (χ0) is 20.8. The van der Waals surface area contributed by atoms with Gasteiger partial charge in [-0.1, -0.05) is 12.1 Å². The molecule has 0 saturated heterocycles. The fourth-order valence-electron chi connectivity index (χ4n) is 3.38. The number of ether oxygens (including phenoxy) is 4. The molecule has 0 aliphatic carbocycles. The number of benzene rings is 2. The van der Waals surface area contributed by atoms with Crippen molar-refractivity contribution in [3.05, 3.63) is 47.7 Å². The maximum Gasteiger partial charge on any atom is 0.224 e. The van der Waals surface area contributed by atoms with Gasteiger partial charge in [-0.05, 0) is 29.7 Å². The van der Waals surface area contributed by atoms with Gasteiger partial charge in [-0.2, -0.15) is 0 Å². The second-order valence-corrected chi connectivity index (χ2v) is 6.51. The van der Waals surface area contributed by atoms with Crippen LogP contribution in [0.2, 0.25) is 0 Å². The summed E-state index contributed by atoms with van der Waals surface area (Å²) in [6.45, 7) is 0.544. The van der Waals surface area contributed by atoms with Crippen molar-refractivity contribution in [1.82, 2.24) is 10.3 Å². The standard InChI is InChI=1S/C22H26N2O5/c1-26-16-7-5-6-14(10-16)8-9-23-19(25)11-15-13-24-17-12-18(27-2)21(28-3)22(29-4)20(15)17/h5-7,10,12-13,24H,8-9,11H2,1-4H3,(H,23,25). The van der Waals surface area contributed by atoms with Gasteiger partial charge in [-0.25, -0.2) is 0 Å². The molecule has 0 saturated carbocycles. The molecule has 3 aromatic rings. The first-order chi connectivity index (χ1) is 14.1. The average Bonchev–Trinajstić information content (AvgIpc) is 3.14. The third kappa shape index (κ3) is 4.39. The Morgan fingerprint density at radius 2 is 1.79 bits per heavy atom. The molecule has 0 atom stereocenters. The molecule has 0 unspecified atom stereocenters. The highest BCUT2D eigenvalue weighted by Crippen LogP contribution is 2.44. The lowest BCUT2D eigenvalue weighted by atomic mass is 10.1. The molecule has 2 aromatic carbocycles. The molecule has 1 aromatic heterocycles. The SMILES string of the molecule is COc1cccc(CCNC(=O)Cc2c[nH]c3cc(OC)c(OC)c(OC)c23)c1. The number of methoxy groups -OCH3 is 4. The Hall–Kier alpha value is -3.35. The maximum atomic E-state index is 12.5. The van der Waals surface area contributed by atoms with E-state index in [1.165, 1.54) is 0 Å². The lowest BCUT2D eigenvalue weighted by Crippen LogP contribution is -2.27. The lowest BCUT2D eigenvalue weighted by molar-refractivity contribution is -0.120. The van der Waals surface area contributed by atoms with E-state index in [-0.39, 0.29) is 12.3 Å². The molecule has 1 amide bonds. The van der Waals surface area contributed by atoms with Crippen molar-refractivity contribution in [2.75, 3.05) is 35.0 Å². The predicted molar refractivity (Wildman–Crippen MR) is 111 cm³/mol. The van der Waals surface area contributed by atoms with Crippen molar-refractivity contribution in [3.63, 3.8) is 0 Å². The second kappa shape index (κ2) is 9.23. The van der Waals surface area contributed by atoms with E-state index in [0.717, 1.165) is 34.2 Å². The summed E-state index contributed by atoms with van der Waals surface area (Å²) in [5, 5.41) is 3.78. The minimum absolute atomic E-state index is 0.0642. The Balaban J connectivity index is 1.71. The Morgan fingerprint density at radius 1 is 1.00 bits per heavy atom. The summed E-state index contributed by atoms with van der Waals surface area (Å²) in [5.41, 5.74) is 2.76. The van der Waals surface area contributed by atoms with E-state index in [4.69, 9.17) is 18.9 Å². The van der Waals surface area contributed by atoms with E-state index in [1.807, 2.05) is 36.5 Å². The van der Waals surface area contributed by atoms with Gasteiger partial charge in [0.1, 0.15) is 5.75 Å². The van der Waals surface area contributed by atoms with Crippen molar-refractivity contribution in [2.45, 2.75) is 12.8 Å². The van der Waals surface area contributed by atoms with Gasteiger partial charge in [-0.15, -0.1) is 0 Å². The molecule has 3 rings (SSSR count). The molecule has 0 fully saturated rings. The van der Waals surface area contributed by atoms with Gasteiger partial charge in [0.05, 0.1) is 40.4 Å². The number of nitrogens with one attached hydrogen (secondary N) is 2. The summed E-state index contributed by atoms with van der Waals surface area (Å²) in [7, 11) is 6.34. The van der Waals surface area contributed by atoms with Crippen LogP contribution in [-0.2, 0) is 17.6 Å². The molecule has 7 nitrogen and oxygen atoms in total. The van der Waals surface area contributed by atoms with E-state index in [9.17, 15) is 4.79 Å². The van der Waals surface area contributed by atoms with Crippen LogP contribution in [0.15, 0.2) is 36.5 Å². The molecule has 0 radical (unpaired) electrons. The smallest absolute Gasteiger partial charge is 0.224 e. The molecule has 0 aliphatic heterocycles. The van der Waals surface area contributed by atoms with Gasteiger partial charge in [0.2, 0.25) is 11.7 Å². The predicted octanol–water partition coefficient (Wildman–Crippen LogP) is 3.10. The zero-order valence-electron chi connectivity index (χ0n) is 17.1. The molecule has 2 N–H and O–H groups in total. The molecular formula is C22H26N2O5. The second-order valence-electron chi connectivity index (χ2n) is 6.51. The first-order valence-corrected chi connectivity index (χ1v) is 9.29. The van der Waals surface area contributed by atoms with Crippen LogP contribution in [0.4, 0.5) is 0 Å². The number of H-pyrrole nitrogens is 1. The van der Waals surface area contributed by atoms with E-state index in [2.05, 4.69) is 10.3 Å². The first kappa shape index (κ1) is 20.4. The molecule has 0 aliphatic rings. The normalized spacial score (nSPS) is 10.6. The number of amides is 1. The van der Waals surface area contributed by atoms with E-state index in [0.29, 0.717) is 23.8 Å². The Bertz CT molecular complexity index is 996. The minimum Gasteiger partial charge on any atom is -0.497 e. The third-order valence-electron chi connectivity index (χ3n) is 4.77. The summed E-state index contributed by atoms with van der Waals surface area (Å²) in [5.74, 6) is 2.35. The van der Waals surface area contributed by atoms with Crippen LogP contribution in [-0.4, -0.2) is 45.9 Å². The van der Waals surface area contributed by atoms with Gasteiger partial charge in [0, 0.05) is 24.2 Å². The summed E-state index contributed by atoms with van der Waals surface area (Å²) >= 11 is 0. The highest BCUT2D eigenvalue weighted by atomic mass is 16.5. The van der Waals surface area contributed by atoms with E-state index >= 15 is 0 Å². The molecule has 7 heteroatoms. The summed E-state index contributed by atoms with van der Waals surface area (Å²) in [6.07, 6.45) is 2.77. The minimum atomic E-state index is -0.0642. The number of aromatic amines is 1. The zero-order valence-corrected chi connectivity index (χ0v) is 17.1. The number of hydrogen-bond acceptors (Lipinski definition) is 5. The van der Waals surface area contributed by atoms with Crippen molar-refractivity contribution in [1.29, 1.82) is 0 Å². The van der Waals surface area contributed by atoms with Gasteiger partial charge >= 0.3 is 0 Å². The molecular weight excluding hydrogens is 372 g/mol. The first-order valence-electron chi connectivity index (χ1n) is 9.29. The average molecular weight is 398 g/mol. The number of carbonyl (C=O) groups is 1. The summed E-state index contributed by atoms with van der Waals surface area (Å²) < 4.78 is 21.6. The van der Waals surface area contributed by atoms with Crippen molar-refractivity contribution in [3.8, 4) is 23.0 Å². The third-order valence-corrected chi connectivity index (χ3v) is 4.77. The van der Waals surface area contributed by atoms with Crippen LogP contribution in [0.3, 0.4) is 0 Å². The highest BCUT2D eigenvalue weighted by Gasteiger charge is 2.20. The van der Waals surface area contributed by atoms with E-state index < -0.39 is 0 Å². The number of fused-ring (bicyclic) bond motifs is 1. The fourth-order valence-corrected chi connectivity index (χ4v) is 3.38. The Kier molecular flexibility index (Phi) is 6.49. The van der Waals surface area contributed by atoms with Gasteiger partial charge < -0.3 is 29.2 Å². The van der Waals surface area contributed by atoms with Crippen LogP contribution < -0.4 is 24.3 Å². The molecule has 0 bridgehead atoms. The van der Waals surface area contributed by atoms with Crippen LogP contribution >= 0.6 is 0 Å². The van der Waals surface area contributed by atoms with Gasteiger partial charge in [0.15, 0.2) is 11.5 Å². The van der Waals surface area contributed by atoms with Crippen LogP contribution in [0, 0.1) is 0 Å². The lowest BCUT2D eigenvalue weighted by Gasteiger charge is -2.14. The van der Waals surface area contributed by atoms with Crippen molar-refractivity contribution >= 4 is 16.8 Å². The number of hydrogen-bond donors (Lipinski definition) is 2. The Morgan fingerprint density at radius 3 is 2.48 bits per heavy atom. The van der Waals surface area contributed by atoms with Crippen molar-refractivity contribution in [2.24, 2.45) is 0 Å². The molecule has 154 valence electrons. The maximum absolute atomic E-state index is 12.5. The topological polar surface area (TPSA) is 81.8 Å². The molecule has 29 heavy (non-hydrogen) atoms. The van der Waals surface area contributed by atoms with Crippen LogP contribution in [0.25, 0.3) is 10.9 Å². The quantitative estimate of drug-likeness (QED) is 0.579. The summed E-state index contributed by atoms with van der Waals surface area (Å²) in [4.78, 5) is 15.7. The van der Waals surface area contributed by atoms with Gasteiger partial charge in [0.25, 0.3) is 0 Å².